The first-order chi connectivity index (χ1) is 9.10. The summed E-state index contributed by atoms with van der Waals surface area (Å²) in [5.41, 5.74) is 0. The van der Waals surface area contributed by atoms with E-state index >= 15 is 0 Å². The fourth-order valence-corrected chi connectivity index (χ4v) is 3.54. The first-order valence-corrected chi connectivity index (χ1v) is 10.3. The number of carboxylic acid groups (broad SMARTS) is 1. The van der Waals surface area contributed by atoms with Crippen LogP contribution >= 0.6 is 11.3 Å². The lowest BCUT2D eigenvalue weighted by Gasteiger charge is -2.36. The van der Waals surface area contributed by atoms with Gasteiger partial charge in [0.2, 0.25) is 8.32 Å². The molecule has 20 heavy (non-hydrogen) atoms. The van der Waals surface area contributed by atoms with Crippen LogP contribution in [0, 0.1) is 0 Å². The van der Waals surface area contributed by atoms with Crippen LogP contribution < -0.4 is 4.43 Å². The zero-order valence-corrected chi connectivity index (χ0v) is 14.3. The predicted octanol–water partition coefficient (Wildman–Crippen LogP) is 4.98. The number of thiophene rings is 1. The quantitative estimate of drug-likeness (QED) is 0.813. The van der Waals surface area contributed by atoms with Crippen LogP contribution in [-0.2, 0) is 0 Å². The summed E-state index contributed by atoms with van der Waals surface area (Å²) in [5, 5.41) is 10.1. The molecule has 0 aliphatic carbocycles. The van der Waals surface area contributed by atoms with E-state index in [1.54, 1.807) is 6.07 Å². The average molecular weight is 308 g/mol. The van der Waals surface area contributed by atoms with E-state index in [2.05, 4.69) is 33.9 Å². The van der Waals surface area contributed by atoms with Crippen LogP contribution in [-0.4, -0.2) is 19.4 Å². The highest BCUT2D eigenvalue weighted by Crippen LogP contribution is 2.38. The fourth-order valence-electron chi connectivity index (χ4n) is 1.64. The van der Waals surface area contributed by atoms with Crippen molar-refractivity contribution in [1.82, 2.24) is 0 Å². The first-order valence-electron chi connectivity index (χ1n) is 6.56. The van der Waals surface area contributed by atoms with Gasteiger partial charge in [0.15, 0.2) is 0 Å². The van der Waals surface area contributed by atoms with Gasteiger partial charge in [0.1, 0.15) is 10.6 Å². The molecular weight excluding hydrogens is 288 g/mol. The van der Waals surface area contributed by atoms with Gasteiger partial charge >= 0.3 is 5.97 Å². The lowest BCUT2D eigenvalue weighted by atomic mass is 10.2. The molecule has 0 unspecified atom stereocenters. The maximum atomic E-state index is 11.0. The number of aromatic carboxylic acids is 1. The first kappa shape index (κ1) is 15.1. The summed E-state index contributed by atoms with van der Waals surface area (Å²) in [6.07, 6.45) is 0. The van der Waals surface area contributed by atoms with Crippen LogP contribution in [0.4, 0.5) is 0 Å². The van der Waals surface area contributed by atoms with Gasteiger partial charge in [-0.25, -0.2) is 4.79 Å². The van der Waals surface area contributed by atoms with Crippen molar-refractivity contribution in [2.75, 3.05) is 0 Å². The van der Waals surface area contributed by atoms with Gasteiger partial charge in [0, 0.05) is 4.70 Å². The van der Waals surface area contributed by atoms with Gasteiger partial charge in [0.05, 0.1) is 0 Å². The van der Waals surface area contributed by atoms with Gasteiger partial charge < -0.3 is 9.53 Å². The number of carbonyl (C=O) groups is 1. The van der Waals surface area contributed by atoms with E-state index in [1.807, 2.05) is 18.2 Å². The standard InChI is InChI=1S/C15H20O3SSi/c1-15(2,3)20(4,5)18-11-6-7-12-10(8-11)9-13(19-12)14(16)17/h6-9H,1-5H3,(H,16,17). The summed E-state index contributed by atoms with van der Waals surface area (Å²) in [6.45, 7) is 11.0. The zero-order valence-electron chi connectivity index (χ0n) is 12.5. The smallest absolute Gasteiger partial charge is 0.345 e. The summed E-state index contributed by atoms with van der Waals surface area (Å²) in [5.74, 6) is -0.0445. The normalized spacial score (nSPS) is 12.7. The molecule has 108 valence electrons. The molecule has 1 heterocycles. The molecule has 2 rings (SSSR count). The third-order valence-corrected chi connectivity index (χ3v) is 9.34. The molecule has 2 aromatic rings. The van der Waals surface area contributed by atoms with E-state index in [9.17, 15) is 4.79 Å². The van der Waals surface area contributed by atoms with Crippen molar-refractivity contribution in [3.05, 3.63) is 29.1 Å². The van der Waals surface area contributed by atoms with E-state index in [0.717, 1.165) is 15.8 Å². The minimum atomic E-state index is -1.86. The third kappa shape index (κ3) is 2.88. The monoisotopic (exact) mass is 308 g/mol. The summed E-state index contributed by atoms with van der Waals surface area (Å²) >= 11 is 1.29. The summed E-state index contributed by atoms with van der Waals surface area (Å²) < 4.78 is 7.22. The summed E-state index contributed by atoms with van der Waals surface area (Å²) in [6, 6.07) is 7.53. The molecule has 0 radical (unpaired) electrons. The minimum absolute atomic E-state index is 0.142. The number of fused-ring (bicyclic) bond motifs is 1. The highest BCUT2D eigenvalue weighted by molar-refractivity contribution is 7.20. The van der Waals surface area contributed by atoms with Gasteiger partial charge in [-0.15, -0.1) is 11.3 Å². The second-order valence-corrected chi connectivity index (χ2v) is 12.3. The maximum Gasteiger partial charge on any atom is 0.345 e. The Labute approximate surface area is 124 Å². The average Bonchev–Trinajstić information content (AvgIpc) is 2.69. The molecule has 1 aromatic heterocycles. The van der Waals surface area contributed by atoms with Crippen LogP contribution in [0.1, 0.15) is 30.4 Å². The highest BCUT2D eigenvalue weighted by Gasteiger charge is 2.38. The molecule has 0 bridgehead atoms. The lowest BCUT2D eigenvalue weighted by Crippen LogP contribution is -2.43. The Kier molecular flexibility index (Phi) is 3.69. The Morgan fingerprint density at radius 2 is 1.90 bits per heavy atom. The van der Waals surface area contributed by atoms with Crippen LogP contribution in [0.3, 0.4) is 0 Å². The number of benzene rings is 1. The predicted molar refractivity (Wildman–Crippen MR) is 86.6 cm³/mol. The van der Waals surface area contributed by atoms with Gasteiger partial charge in [-0.05, 0) is 47.8 Å². The Morgan fingerprint density at radius 3 is 2.45 bits per heavy atom. The lowest BCUT2D eigenvalue weighted by molar-refractivity contribution is 0.0702. The summed E-state index contributed by atoms with van der Waals surface area (Å²) in [7, 11) is -1.86. The second-order valence-electron chi connectivity index (χ2n) is 6.48. The molecule has 1 N–H and O–H groups in total. The third-order valence-electron chi connectivity index (χ3n) is 3.88. The minimum Gasteiger partial charge on any atom is -0.543 e. The van der Waals surface area contributed by atoms with E-state index < -0.39 is 14.3 Å². The van der Waals surface area contributed by atoms with E-state index in [1.165, 1.54) is 11.3 Å². The molecule has 0 fully saturated rings. The Morgan fingerprint density at radius 1 is 1.25 bits per heavy atom. The van der Waals surface area contributed by atoms with Crippen molar-refractivity contribution in [2.45, 2.75) is 38.9 Å². The van der Waals surface area contributed by atoms with Gasteiger partial charge in [0.25, 0.3) is 0 Å². The van der Waals surface area contributed by atoms with Crippen LogP contribution in [0.25, 0.3) is 10.1 Å². The largest absolute Gasteiger partial charge is 0.543 e. The van der Waals surface area contributed by atoms with E-state index in [0.29, 0.717) is 4.88 Å². The molecule has 3 nitrogen and oxygen atoms in total. The molecule has 0 saturated heterocycles. The molecule has 0 aliphatic rings. The van der Waals surface area contributed by atoms with E-state index in [4.69, 9.17) is 9.53 Å². The Bertz CT molecular complexity index is 653. The fraction of sp³-hybridized carbons (Fsp3) is 0.400. The van der Waals surface area contributed by atoms with Crippen molar-refractivity contribution in [2.24, 2.45) is 0 Å². The number of carboxylic acids is 1. The van der Waals surface area contributed by atoms with Gasteiger partial charge in [-0.3, -0.25) is 0 Å². The van der Waals surface area contributed by atoms with Crippen molar-refractivity contribution < 1.29 is 14.3 Å². The van der Waals surface area contributed by atoms with Crippen LogP contribution in [0.2, 0.25) is 18.1 Å². The van der Waals surface area contributed by atoms with Gasteiger partial charge in [-0.1, -0.05) is 20.8 Å². The molecule has 0 spiro atoms. The molecule has 0 saturated carbocycles. The van der Waals surface area contributed by atoms with Crippen LogP contribution in [0.5, 0.6) is 5.75 Å². The highest BCUT2D eigenvalue weighted by atomic mass is 32.1. The maximum absolute atomic E-state index is 11.0. The molecule has 0 amide bonds. The van der Waals surface area contributed by atoms with E-state index in [-0.39, 0.29) is 5.04 Å². The molecule has 0 aliphatic heterocycles. The second kappa shape index (κ2) is 4.89. The van der Waals surface area contributed by atoms with Crippen molar-refractivity contribution in [1.29, 1.82) is 0 Å². The van der Waals surface area contributed by atoms with Crippen molar-refractivity contribution in [3.63, 3.8) is 0 Å². The zero-order chi connectivity index (χ0) is 15.1. The van der Waals surface area contributed by atoms with Gasteiger partial charge in [-0.2, -0.15) is 0 Å². The van der Waals surface area contributed by atoms with Crippen molar-refractivity contribution in [3.8, 4) is 5.75 Å². The SMILES string of the molecule is CC(C)(C)[Si](C)(C)Oc1ccc2sc(C(=O)O)cc2c1. The van der Waals surface area contributed by atoms with Crippen molar-refractivity contribution >= 4 is 35.7 Å². The Hall–Kier alpha value is -1.33. The number of hydrogen-bond donors (Lipinski definition) is 1. The summed E-state index contributed by atoms with van der Waals surface area (Å²) in [4.78, 5) is 11.4. The number of hydrogen-bond acceptors (Lipinski definition) is 3. The number of rotatable bonds is 3. The molecule has 5 heteroatoms. The molecule has 0 atom stereocenters. The molecule has 1 aromatic carbocycles. The Balaban J connectivity index is 2.35. The topological polar surface area (TPSA) is 46.5 Å². The molecular formula is C15H20O3SSi. The van der Waals surface area contributed by atoms with Crippen LogP contribution in [0.15, 0.2) is 24.3 Å².